The highest BCUT2D eigenvalue weighted by molar-refractivity contribution is 7.53. The Morgan fingerprint density at radius 2 is 2.20 bits per heavy atom. The standard InChI is InChI=1S/C11H20BO7P/c1-20(15,17-6-10-7(14)2-3-16-10)19-8-4-11(12)18-9(8)5-13/h7-11,13-14H,2-6H2,1H3/t7?,8?,9-,10-,11-,20+/m1/s1. The van der Waals surface area contributed by atoms with E-state index in [0.717, 1.165) is 0 Å². The Kier molecular flexibility index (Phi) is 5.65. The average Bonchev–Trinajstić information content (AvgIpc) is 2.92. The van der Waals surface area contributed by atoms with Crippen LogP contribution in [0, 0.1) is 0 Å². The molecule has 6 atom stereocenters. The van der Waals surface area contributed by atoms with Crippen molar-refractivity contribution < 1.29 is 33.3 Å². The molecule has 2 unspecified atom stereocenters. The summed E-state index contributed by atoms with van der Waals surface area (Å²) in [5.74, 6) is 0. The SMILES string of the molecule is [B][C@H]1CC(O[P@@](C)(=O)OC[C@H]2OCCC2O)[C@@H](CO)O1. The molecule has 2 aliphatic heterocycles. The van der Waals surface area contributed by atoms with Gasteiger partial charge in [-0.25, -0.2) is 0 Å². The van der Waals surface area contributed by atoms with E-state index in [2.05, 4.69) is 0 Å². The van der Waals surface area contributed by atoms with Crippen molar-refractivity contribution >= 4 is 15.4 Å². The van der Waals surface area contributed by atoms with Gasteiger partial charge in [0.05, 0.1) is 25.4 Å². The lowest BCUT2D eigenvalue weighted by Gasteiger charge is -2.23. The lowest BCUT2D eigenvalue weighted by Crippen LogP contribution is -2.29. The van der Waals surface area contributed by atoms with E-state index in [1.807, 2.05) is 0 Å². The molecule has 2 aliphatic rings. The zero-order chi connectivity index (χ0) is 14.8. The van der Waals surface area contributed by atoms with Gasteiger partial charge in [-0.15, -0.1) is 0 Å². The van der Waals surface area contributed by atoms with E-state index in [-0.39, 0.29) is 13.2 Å². The summed E-state index contributed by atoms with van der Waals surface area (Å²) in [6.45, 7) is 1.54. The maximum atomic E-state index is 12.2. The minimum Gasteiger partial charge on any atom is -0.394 e. The van der Waals surface area contributed by atoms with E-state index >= 15 is 0 Å². The van der Waals surface area contributed by atoms with Crippen molar-refractivity contribution in [3.05, 3.63) is 0 Å². The maximum Gasteiger partial charge on any atom is 0.328 e. The van der Waals surface area contributed by atoms with Crippen LogP contribution in [0.15, 0.2) is 0 Å². The summed E-state index contributed by atoms with van der Waals surface area (Å²) in [7, 11) is 2.27. The molecule has 2 rings (SSSR count). The molecule has 0 amide bonds. The van der Waals surface area contributed by atoms with Crippen LogP contribution in [0.4, 0.5) is 0 Å². The fourth-order valence-corrected chi connectivity index (χ4v) is 3.49. The first-order valence-corrected chi connectivity index (χ1v) is 8.62. The van der Waals surface area contributed by atoms with E-state index in [1.54, 1.807) is 0 Å². The molecule has 0 aromatic rings. The van der Waals surface area contributed by atoms with Gasteiger partial charge in [0.2, 0.25) is 0 Å². The first-order chi connectivity index (χ1) is 9.41. The van der Waals surface area contributed by atoms with Crippen LogP contribution >= 0.6 is 7.60 Å². The van der Waals surface area contributed by atoms with Crippen LogP contribution in [0.2, 0.25) is 0 Å². The van der Waals surface area contributed by atoms with E-state index in [1.165, 1.54) is 6.66 Å². The molecule has 2 heterocycles. The molecular formula is C11H20BO7P. The fourth-order valence-electron chi connectivity index (χ4n) is 2.30. The third-order valence-corrected chi connectivity index (χ3v) is 4.66. The van der Waals surface area contributed by atoms with Gasteiger partial charge in [-0.2, -0.15) is 0 Å². The summed E-state index contributed by atoms with van der Waals surface area (Å²) in [4.78, 5) is 0. The number of aliphatic hydroxyl groups excluding tert-OH is 2. The Morgan fingerprint density at radius 1 is 1.45 bits per heavy atom. The summed E-state index contributed by atoms with van der Waals surface area (Å²) in [5.41, 5.74) is 0. The van der Waals surface area contributed by atoms with Crippen molar-refractivity contribution in [3.8, 4) is 0 Å². The molecule has 0 saturated carbocycles. The van der Waals surface area contributed by atoms with Crippen LogP contribution in [0.3, 0.4) is 0 Å². The van der Waals surface area contributed by atoms with Gasteiger partial charge in [-0.3, -0.25) is 4.57 Å². The molecule has 2 radical (unpaired) electrons. The summed E-state index contributed by atoms with van der Waals surface area (Å²) >= 11 is 0. The molecule has 2 saturated heterocycles. The van der Waals surface area contributed by atoms with Crippen LogP contribution in [-0.2, 0) is 23.1 Å². The average molecular weight is 306 g/mol. The van der Waals surface area contributed by atoms with Crippen LogP contribution in [0.1, 0.15) is 12.8 Å². The molecule has 20 heavy (non-hydrogen) atoms. The Hall–Kier alpha value is 0.0549. The summed E-state index contributed by atoms with van der Waals surface area (Å²) in [5, 5.41) is 18.7. The number of hydrogen-bond donors (Lipinski definition) is 2. The zero-order valence-corrected chi connectivity index (χ0v) is 12.3. The van der Waals surface area contributed by atoms with Gasteiger partial charge in [-0.1, -0.05) is 0 Å². The van der Waals surface area contributed by atoms with Crippen molar-refractivity contribution in [2.24, 2.45) is 0 Å². The van der Waals surface area contributed by atoms with E-state index in [0.29, 0.717) is 19.4 Å². The van der Waals surface area contributed by atoms with E-state index < -0.39 is 38.0 Å². The molecule has 0 bridgehead atoms. The lowest BCUT2D eigenvalue weighted by molar-refractivity contribution is -0.0119. The van der Waals surface area contributed by atoms with Gasteiger partial charge in [0.25, 0.3) is 0 Å². The third kappa shape index (κ3) is 4.27. The zero-order valence-electron chi connectivity index (χ0n) is 11.4. The minimum atomic E-state index is -3.34. The quantitative estimate of drug-likeness (QED) is 0.511. The Labute approximate surface area is 119 Å². The van der Waals surface area contributed by atoms with Crippen molar-refractivity contribution in [2.45, 2.75) is 43.3 Å². The van der Waals surface area contributed by atoms with Gasteiger partial charge in [0, 0.05) is 19.3 Å². The minimum absolute atomic E-state index is 0.00162. The lowest BCUT2D eigenvalue weighted by atomic mass is 9.96. The molecule has 9 heteroatoms. The highest BCUT2D eigenvalue weighted by Gasteiger charge is 2.38. The number of ether oxygens (including phenoxy) is 2. The summed E-state index contributed by atoms with van der Waals surface area (Å²) < 4.78 is 33.4. The van der Waals surface area contributed by atoms with Gasteiger partial charge < -0.3 is 28.7 Å². The van der Waals surface area contributed by atoms with Crippen LogP contribution < -0.4 is 0 Å². The molecule has 0 aromatic heterocycles. The molecule has 114 valence electrons. The third-order valence-electron chi connectivity index (χ3n) is 3.38. The van der Waals surface area contributed by atoms with E-state index in [9.17, 15) is 9.67 Å². The molecular weight excluding hydrogens is 286 g/mol. The fraction of sp³-hybridized carbons (Fsp3) is 1.00. The first-order valence-electron chi connectivity index (χ1n) is 6.63. The monoisotopic (exact) mass is 306 g/mol. The van der Waals surface area contributed by atoms with Crippen LogP contribution in [0.5, 0.6) is 0 Å². The molecule has 2 N–H and O–H groups in total. The molecule has 2 fully saturated rings. The normalized spacial score (nSPS) is 40.9. The van der Waals surface area contributed by atoms with Gasteiger partial charge in [0.1, 0.15) is 20.1 Å². The highest BCUT2D eigenvalue weighted by atomic mass is 31.2. The maximum absolute atomic E-state index is 12.2. The highest BCUT2D eigenvalue weighted by Crippen LogP contribution is 2.48. The van der Waals surface area contributed by atoms with Gasteiger partial charge in [-0.05, 0) is 12.8 Å². The van der Waals surface area contributed by atoms with Crippen molar-refractivity contribution in [1.29, 1.82) is 0 Å². The van der Waals surface area contributed by atoms with Crippen molar-refractivity contribution in [1.82, 2.24) is 0 Å². The smallest absolute Gasteiger partial charge is 0.328 e. The van der Waals surface area contributed by atoms with Crippen molar-refractivity contribution in [2.75, 3.05) is 26.5 Å². The molecule has 0 aliphatic carbocycles. The van der Waals surface area contributed by atoms with Crippen LogP contribution in [0.25, 0.3) is 0 Å². The predicted octanol–water partition coefficient (Wildman–Crippen LogP) is -0.363. The number of hydrogen-bond acceptors (Lipinski definition) is 7. The van der Waals surface area contributed by atoms with Crippen LogP contribution in [-0.4, -0.2) is 75.0 Å². The topological polar surface area (TPSA) is 94.5 Å². The Balaban J connectivity index is 1.82. The Morgan fingerprint density at radius 3 is 2.80 bits per heavy atom. The van der Waals surface area contributed by atoms with E-state index in [4.69, 9.17) is 31.5 Å². The first kappa shape index (κ1) is 16.4. The largest absolute Gasteiger partial charge is 0.394 e. The Bertz CT molecular complexity index is 369. The van der Waals surface area contributed by atoms with Gasteiger partial charge >= 0.3 is 7.60 Å². The van der Waals surface area contributed by atoms with Crippen molar-refractivity contribution in [3.63, 3.8) is 0 Å². The predicted molar refractivity (Wildman–Crippen MR) is 70.8 cm³/mol. The second-order valence-corrected chi connectivity index (χ2v) is 7.12. The summed E-state index contributed by atoms with van der Waals surface area (Å²) in [6.07, 6.45) is -1.38. The molecule has 0 aromatic carbocycles. The molecule has 7 nitrogen and oxygen atoms in total. The second kappa shape index (κ2) is 6.88. The van der Waals surface area contributed by atoms with Gasteiger partial charge in [0.15, 0.2) is 0 Å². The number of rotatable bonds is 6. The second-order valence-electron chi connectivity index (χ2n) is 5.11. The number of aliphatic hydroxyl groups is 2. The molecule has 0 spiro atoms. The summed E-state index contributed by atoms with van der Waals surface area (Å²) in [6, 6.07) is -0.544.